The number of benzene rings is 1. The van der Waals surface area contributed by atoms with Crippen LogP contribution in [0, 0.1) is 0 Å². The maximum Gasteiger partial charge on any atom is 0.0226 e. The molecule has 1 aliphatic heterocycles. The summed E-state index contributed by atoms with van der Waals surface area (Å²) in [4.78, 5) is 1.49. The molecule has 0 aromatic heterocycles. The number of thioether (sulfide) groups is 1. The third-order valence-electron chi connectivity index (χ3n) is 2.57. The van der Waals surface area contributed by atoms with E-state index in [1.165, 1.54) is 29.1 Å². The van der Waals surface area contributed by atoms with Crippen molar-refractivity contribution in [1.29, 1.82) is 0 Å². The molecule has 1 aromatic rings. The first-order valence-corrected chi connectivity index (χ1v) is 6.73. The van der Waals surface area contributed by atoms with E-state index < -0.39 is 0 Å². The summed E-state index contributed by atoms with van der Waals surface area (Å²) >= 11 is 7.69. The first kappa shape index (κ1) is 10.4. The smallest absolute Gasteiger partial charge is 0.0226 e. The minimum atomic E-state index is 0.770. The van der Waals surface area contributed by atoms with Gasteiger partial charge in [0, 0.05) is 10.8 Å². The predicted molar refractivity (Wildman–Crippen MR) is 64.5 cm³/mol. The van der Waals surface area contributed by atoms with Gasteiger partial charge in [-0.1, -0.05) is 12.1 Å². The van der Waals surface area contributed by atoms with E-state index in [1.807, 2.05) is 11.8 Å². The standard InChI is InChI=1S/C12H15ClS/c13-7-1-3-10-5-6-12-11(9-10)4-2-8-14-12/h5-6,9H,1-4,7-8H2. The third kappa shape index (κ3) is 2.46. The minimum absolute atomic E-state index is 0.770. The number of hydrogen-bond acceptors (Lipinski definition) is 1. The second-order valence-electron chi connectivity index (χ2n) is 3.69. The first-order valence-electron chi connectivity index (χ1n) is 5.21. The highest BCUT2D eigenvalue weighted by Crippen LogP contribution is 2.30. The largest absolute Gasteiger partial charge is 0.127 e. The molecule has 2 rings (SSSR count). The zero-order valence-corrected chi connectivity index (χ0v) is 9.83. The molecule has 0 N–H and O–H groups in total. The van der Waals surface area contributed by atoms with E-state index >= 15 is 0 Å². The van der Waals surface area contributed by atoms with Crippen LogP contribution in [-0.4, -0.2) is 11.6 Å². The number of halogens is 1. The highest BCUT2D eigenvalue weighted by Gasteiger charge is 2.09. The van der Waals surface area contributed by atoms with Crippen molar-refractivity contribution in [3.8, 4) is 0 Å². The van der Waals surface area contributed by atoms with E-state index in [-0.39, 0.29) is 0 Å². The van der Waals surface area contributed by atoms with Crippen LogP contribution >= 0.6 is 23.4 Å². The fourth-order valence-corrected chi connectivity index (χ4v) is 2.99. The summed E-state index contributed by atoms with van der Waals surface area (Å²) in [6, 6.07) is 6.90. The normalized spacial score (nSPS) is 15.2. The average molecular weight is 227 g/mol. The molecule has 0 bridgehead atoms. The van der Waals surface area contributed by atoms with Crippen LogP contribution in [0.3, 0.4) is 0 Å². The molecule has 1 aliphatic rings. The van der Waals surface area contributed by atoms with Crippen molar-refractivity contribution in [2.45, 2.75) is 30.6 Å². The van der Waals surface area contributed by atoms with Gasteiger partial charge in [-0.05, 0) is 48.6 Å². The molecule has 0 unspecified atom stereocenters. The van der Waals surface area contributed by atoms with Gasteiger partial charge in [-0.3, -0.25) is 0 Å². The molecule has 0 nitrogen and oxygen atoms in total. The van der Waals surface area contributed by atoms with Crippen LogP contribution in [-0.2, 0) is 12.8 Å². The van der Waals surface area contributed by atoms with E-state index in [9.17, 15) is 0 Å². The maximum absolute atomic E-state index is 5.69. The van der Waals surface area contributed by atoms with Crippen LogP contribution in [0.4, 0.5) is 0 Å². The van der Waals surface area contributed by atoms with Crippen molar-refractivity contribution in [3.63, 3.8) is 0 Å². The van der Waals surface area contributed by atoms with Crippen LogP contribution < -0.4 is 0 Å². The second kappa shape index (κ2) is 5.09. The van der Waals surface area contributed by atoms with Crippen LogP contribution in [0.5, 0.6) is 0 Å². The van der Waals surface area contributed by atoms with Gasteiger partial charge >= 0.3 is 0 Å². The monoisotopic (exact) mass is 226 g/mol. The Labute approximate surface area is 95.0 Å². The van der Waals surface area contributed by atoms with Crippen molar-refractivity contribution in [2.24, 2.45) is 0 Å². The Morgan fingerprint density at radius 2 is 2.29 bits per heavy atom. The molecule has 0 fully saturated rings. The van der Waals surface area contributed by atoms with E-state index in [4.69, 9.17) is 11.6 Å². The van der Waals surface area contributed by atoms with Gasteiger partial charge in [-0.25, -0.2) is 0 Å². The molecule has 14 heavy (non-hydrogen) atoms. The molecule has 0 saturated carbocycles. The highest BCUT2D eigenvalue weighted by atomic mass is 35.5. The topological polar surface area (TPSA) is 0 Å². The zero-order valence-electron chi connectivity index (χ0n) is 8.26. The fraction of sp³-hybridized carbons (Fsp3) is 0.500. The van der Waals surface area contributed by atoms with Gasteiger partial charge in [0.05, 0.1) is 0 Å². The van der Waals surface area contributed by atoms with Gasteiger partial charge < -0.3 is 0 Å². The van der Waals surface area contributed by atoms with E-state index in [2.05, 4.69) is 18.2 Å². The van der Waals surface area contributed by atoms with Crippen LogP contribution in [0.2, 0.25) is 0 Å². The van der Waals surface area contributed by atoms with Crippen LogP contribution in [0.1, 0.15) is 24.0 Å². The van der Waals surface area contributed by atoms with Crippen molar-refractivity contribution in [2.75, 3.05) is 11.6 Å². The lowest BCUT2D eigenvalue weighted by atomic mass is 10.0. The van der Waals surface area contributed by atoms with Gasteiger partial charge in [0.15, 0.2) is 0 Å². The van der Waals surface area contributed by atoms with Crippen molar-refractivity contribution >= 4 is 23.4 Å². The number of alkyl halides is 1. The summed E-state index contributed by atoms with van der Waals surface area (Å²) in [7, 11) is 0. The number of hydrogen-bond donors (Lipinski definition) is 0. The lowest BCUT2D eigenvalue weighted by molar-refractivity contribution is 0.871. The molecule has 0 atom stereocenters. The average Bonchev–Trinajstić information content (AvgIpc) is 2.26. The Morgan fingerprint density at radius 1 is 1.36 bits per heavy atom. The second-order valence-corrected chi connectivity index (χ2v) is 5.20. The molecule has 76 valence electrons. The molecule has 2 heteroatoms. The first-order chi connectivity index (χ1) is 6.90. The summed E-state index contributed by atoms with van der Waals surface area (Å²) in [5.41, 5.74) is 3.00. The molecule has 1 heterocycles. The minimum Gasteiger partial charge on any atom is -0.127 e. The van der Waals surface area contributed by atoms with Gasteiger partial charge in [0.1, 0.15) is 0 Å². The summed E-state index contributed by atoms with van der Waals surface area (Å²) in [6.07, 6.45) is 4.81. The molecule has 0 amide bonds. The lowest BCUT2D eigenvalue weighted by Crippen LogP contribution is -1.99. The molecule has 0 saturated heterocycles. The Kier molecular flexibility index (Phi) is 3.77. The fourth-order valence-electron chi connectivity index (χ4n) is 1.84. The summed E-state index contributed by atoms with van der Waals surface area (Å²) in [5, 5.41) is 0. The van der Waals surface area contributed by atoms with Crippen molar-refractivity contribution in [1.82, 2.24) is 0 Å². The summed E-state index contributed by atoms with van der Waals surface area (Å²) in [5.74, 6) is 2.06. The number of rotatable bonds is 3. The predicted octanol–water partition coefficient (Wildman–Crippen LogP) is 3.90. The van der Waals surface area contributed by atoms with E-state index in [0.717, 1.165) is 18.7 Å². The molecule has 1 aromatic carbocycles. The molecule has 0 radical (unpaired) electrons. The number of fused-ring (bicyclic) bond motifs is 1. The van der Waals surface area contributed by atoms with E-state index in [0.29, 0.717) is 0 Å². The molecule has 0 aliphatic carbocycles. The Bertz CT molecular complexity index is 309. The molecular weight excluding hydrogens is 212 g/mol. The lowest BCUT2D eigenvalue weighted by Gasteiger charge is -2.15. The van der Waals surface area contributed by atoms with Gasteiger partial charge in [0.25, 0.3) is 0 Å². The Morgan fingerprint density at radius 3 is 3.14 bits per heavy atom. The summed E-state index contributed by atoms with van der Waals surface area (Å²) < 4.78 is 0. The number of aryl methyl sites for hydroxylation is 2. The zero-order chi connectivity index (χ0) is 9.80. The van der Waals surface area contributed by atoms with Gasteiger partial charge in [-0.15, -0.1) is 23.4 Å². The summed E-state index contributed by atoms with van der Waals surface area (Å²) in [6.45, 7) is 0. The maximum atomic E-state index is 5.69. The Hall–Kier alpha value is -0.140. The van der Waals surface area contributed by atoms with Gasteiger partial charge in [-0.2, -0.15) is 0 Å². The molecular formula is C12H15ClS. The Balaban J connectivity index is 2.12. The third-order valence-corrected chi connectivity index (χ3v) is 4.04. The van der Waals surface area contributed by atoms with Gasteiger partial charge in [0.2, 0.25) is 0 Å². The SMILES string of the molecule is ClCCCc1ccc2c(c1)CCCS2. The van der Waals surface area contributed by atoms with Crippen LogP contribution in [0.15, 0.2) is 23.1 Å². The highest BCUT2D eigenvalue weighted by molar-refractivity contribution is 7.99. The molecule has 0 spiro atoms. The quantitative estimate of drug-likeness (QED) is 0.705. The van der Waals surface area contributed by atoms with E-state index in [1.54, 1.807) is 5.56 Å². The van der Waals surface area contributed by atoms with Crippen molar-refractivity contribution < 1.29 is 0 Å². The van der Waals surface area contributed by atoms with Crippen LogP contribution in [0.25, 0.3) is 0 Å². The van der Waals surface area contributed by atoms with Crippen molar-refractivity contribution in [3.05, 3.63) is 29.3 Å².